The first-order valence-corrected chi connectivity index (χ1v) is 8.88. The van der Waals surface area contributed by atoms with Crippen molar-refractivity contribution in [3.63, 3.8) is 0 Å². The van der Waals surface area contributed by atoms with Gasteiger partial charge in [-0.15, -0.1) is 0 Å². The Hall–Kier alpha value is -1.34. The second kappa shape index (κ2) is 9.08. The lowest BCUT2D eigenvalue weighted by atomic mass is 9.78. The molecule has 1 aromatic carbocycles. The van der Waals surface area contributed by atoms with Crippen LogP contribution in [-0.2, 0) is 5.60 Å². The molecule has 1 saturated carbocycles. The second-order valence-electron chi connectivity index (χ2n) is 6.56. The molecule has 3 nitrogen and oxygen atoms in total. The number of quaternary nitrogens is 1. The molecule has 2 rings (SSSR count). The Morgan fingerprint density at radius 3 is 2.48 bits per heavy atom. The minimum Gasteiger partial charge on any atom is -0.391 e. The zero-order valence-electron chi connectivity index (χ0n) is 14.2. The molecule has 3 N–H and O–H groups in total. The summed E-state index contributed by atoms with van der Waals surface area (Å²) < 4.78 is 0. The van der Waals surface area contributed by atoms with Gasteiger partial charge in [0.15, 0.2) is 0 Å². The molecular weight excluding hydrogens is 286 g/mol. The van der Waals surface area contributed by atoms with Crippen molar-refractivity contribution in [2.45, 2.75) is 44.6 Å². The molecule has 0 radical (unpaired) electrons. The Balaban J connectivity index is 2.07. The van der Waals surface area contributed by atoms with Crippen molar-refractivity contribution < 1.29 is 15.1 Å². The summed E-state index contributed by atoms with van der Waals surface area (Å²) in [6.45, 7) is 4.72. The van der Waals surface area contributed by atoms with Crippen LogP contribution in [0.25, 0.3) is 0 Å². The molecule has 0 spiro atoms. The Kier molecular flexibility index (Phi) is 7.11. The minimum atomic E-state index is -0.825. The lowest BCUT2D eigenvalue weighted by Gasteiger charge is -2.33. The van der Waals surface area contributed by atoms with Gasteiger partial charge >= 0.3 is 0 Å². The fourth-order valence-electron chi connectivity index (χ4n) is 3.55. The first-order valence-electron chi connectivity index (χ1n) is 8.88. The quantitative estimate of drug-likeness (QED) is 0.665. The van der Waals surface area contributed by atoms with E-state index in [0.29, 0.717) is 12.3 Å². The van der Waals surface area contributed by atoms with E-state index in [1.165, 1.54) is 17.7 Å². The SMILES string of the molecule is CC[NH+](CC#CC[C@](O)(c1ccccc1)C1CCCC1)CCO. The highest BCUT2D eigenvalue weighted by Gasteiger charge is 2.39. The van der Waals surface area contributed by atoms with Gasteiger partial charge in [0.2, 0.25) is 0 Å². The van der Waals surface area contributed by atoms with Crippen LogP contribution in [0, 0.1) is 17.8 Å². The maximum atomic E-state index is 11.4. The van der Waals surface area contributed by atoms with Gasteiger partial charge in [0.1, 0.15) is 18.7 Å². The minimum absolute atomic E-state index is 0.195. The fourth-order valence-corrected chi connectivity index (χ4v) is 3.55. The zero-order valence-corrected chi connectivity index (χ0v) is 14.2. The van der Waals surface area contributed by atoms with Crippen LogP contribution in [0.1, 0.15) is 44.6 Å². The number of likely N-dealkylation sites (N-methyl/N-ethyl adjacent to an activating group) is 1. The summed E-state index contributed by atoms with van der Waals surface area (Å²) in [5, 5.41) is 20.4. The van der Waals surface area contributed by atoms with E-state index in [4.69, 9.17) is 5.11 Å². The molecule has 2 atom stereocenters. The maximum absolute atomic E-state index is 11.4. The van der Waals surface area contributed by atoms with Gasteiger partial charge in [-0.2, -0.15) is 0 Å². The van der Waals surface area contributed by atoms with E-state index in [1.807, 2.05) is 30.3 Å². The van der Waals surface area contributed by atoms with Crippen molar-refractivity contribution in [3.8, 4) is 11.8 Å². The molecule has 0 bridgehead atoms. The van der Waals surface area contributed by atoms with Crippen LogP contribution in [0.2, 0.25) is 0 Å². The average molecular weight is 316 g/mol. The molecule has 1 aromatic rings. The monoisotopic (exact) mass is 316 g/mol. The van der Waals surface area contributed by atoms with E-state index < -0.39 is 5.60 Å². The third-order valence-electron chi connectivity index (χ3n) is 5.09. The summed E-state index contributed by atoms with van der Waals surface area (Å²) in [6.07, 6.45) is 5.08. The number of aliphatic hydroxyl groups excluding tert-OH is 1. The third kappa shape index (κ3) is 4.81. The highest BCUT2D eigenvalue weighted by molar-refractivity contribution is 5.26. The van der Waals surface area contributed by atoms with Gasteiger partial charge < -0.3 is 15.1 Å². The van der Waals surface area contributed by atoms with Crippen molar-refractivity contribution >= 4 is 0 Å². The van der Waals surface area contributed by atoms with Crippen LogP contribution in [0.5, 0.6) is 0 Å². The molecule has 1 aliphatic rings. The molecule has 3 heteroatoms. The molecule has 1 unspecified atom stereocenters. The Morgan fingerprint density at radius 1 is 1.17 bits per heavy atom. The number of benzene rings is 1. The first-order chi connectivity index (χ1) is 11.2. The van der Waals surface area contributed by atoms with Crippen molar-refractivity contribution in [2.24, 2.45) is 5.92 Å². The second-order valence-corrected chi connectivity index (χ2v) is 6.56. The molecular formula is C20H30NO2+. The predicted octanol–water partition coefficient (Wildman–Crippen LogP) is 1.35. The molecule has 0 heterocycles. The number of hydrogen-bond donors (Lipinski definition) is 3. The number of aliphatic hydroxyl groups is 2. The molecule has 0 aromatic heterocycles. The van der Waals surface area contributed by atoms with Gasteiger partial charge in [0, 0.05) is 6.42 Å². The topological polar surface area (TPSA) is 44.9 Å². The average Bonchev–Trinajstić information content (AvgIpc) is 3.13. The van der Waals surface area contributed by atoms with Crippen LogP contribution >= 0.6 is 0 Å². The highest BCUT2D eigenvalue weighted by Crippen LogP contribution is 2.42. The maximum Gasteiger partial charge on any atom is 0.139 e. The Morgan fingerprint density at radius 2 is 1.87 bits per heavy atom. The van der Waals surface area contributed by atoms with Crippen LogP contribution < -0.4 is 4.90 Å². The fraction of sp³-hybridized carbons (Fsp3) is 0.600. The summed E-state index contributed by atoms with van der Waals surface area (Å²) in [5.74, 6) is 6.75. The van der Waals surface area contributed by atoms with Gasteiger partial charge in [-0.1, -0.05) is 49.1 Å². The molecule has 1 aliphatic carbocycles. The molecule has 0 amide bonds. The van der Waals surface area contributed by atoms with E-state index in [-0.39, 0.29) is 6.61 Å². The molecule has 0 saturated heterocycles. The zero-order chi connectivity index (χ0) is 16.5. The van der Waals surface area contributed by atoms with Crippen molar-refractivity contribution in [2.75, 3.05) is 26.2 Å². The van der Waals surface area contributed by atoms with Gasteiger partial charge in [-0.05, 0) is 37.2 Å². The summed E-state index contributed by atoms with van der Waals surface area (Å²) in [4.78, 5) is 1.28. The lowest BCUT2D eigenvalue weighted by molar-refractivity contribution is -0.891. The third-order valence-corrected chi connectivity index (χ3v) is 5.09. The smallest absolute Gasteiger partial charge is 0.139 e. The van der Waals surface area contributed by atoms with E-state index in [0.717, 1.165) is 38.0 Å². The van der Waals surface area contributed by atoms with E-state index in [2.05, 4.69) is 18.8 Å². The molecule has 0 aliphatic heterocycles. The van der Waals surface area contributed by atoms with E-state index in [9.17, 15) is 5.11 Å². The summed E-state index contributed by atoms with van der Waals surface area (Å²) in [5.41, 5.74) is 0.171. The van der Waals surface area contributed by atoms with Crippen LogP contribution in [-0.4, -0.2) is 36.5 Å². The van der Waals surface area contributed by atoms with Crippen molar-refractivity contribution in [3.05, 3.63) is 35.9 Å². The van der Waals surface area contributed by atoms with Crippen molar-refractivity contribution in [1.82, 2.24) is 0 Å². The molecule has 23 heavy (non-hydrogen) atoms. The number of rotatable bonds is 7. The Labute approximate surface area is 140 Å². The van der Waals surface area contributed by atoms with Gasteiger partial charge in [0.25, 0.3) is 0 Å². The lowest BCUT2D eigenvalue weighted by Crippen LogP contribution is -3.12. The number of nitrogens with one attached hydrogen (secondary N) is 1. The van der Waals surface area contributed by atoms with Crippen LogP contribution in [0.3, 0.4) is 0 Å². The van der Waals surface area contributed by atoms with Crippen LogP contribution in [0.15, 0.2) is 30.3 Å². The predicted molar refractivity (Wildman–Crippen MR) is 93.0 cm³/mol. The normalized spacial score (nSPS) is 18.9. The molecule has 126 valence electrons. The van der Waals surface area contributed by atoms with Gasteiger partial charge in [-0.3, -0.25) is 0 Å². The summed E-state index contributed by atoms with van der Waals surface area (Å²) in [6, 6.07) is 10.0. The van der Waals surface area contributed by atoms with E-state index >= 15 is 0 Å². The standard InChI is InChI=1S/C20H29NO2/c1-2-21(16-17-22)15-9-8-14-20(23,19-12-6-7-13-19)18-10-4-3-5-11-18/h3-5,10-11,19,22-23H,2,6-7,12-17H2,1H3/p+1/t20-/m0/s1. The van der Waals surface area contributed by atoms with Crippen molar-refractivity contribution in [1.29, 1.82) is 0 Å². The highest BCUT2D eigenvalue weighted by atomic mass is 16.3. The summed E-state index contributed by atoms with van der Waals surface area (Å²) in [7, 11) is 0. The first kappa shape index (κ1) is 18.0. The van der Waals surface area contributed by atoms with Crippen LogP contribution in [0.4, 0.5) is 0 Å². The van der Waals surface area contributed by atoms with Gasteiger partial charge in [-0.25, -0.2) is 0 Å². The molecule has 1 fully saturated rings. The van der Waals surface area contributed by atoms with Gasteiger partial charge in [0.05, 0.1) is 13.2 Å². The van der Waals surface area contributed by atoms with E-state index in [1.54, 1.807) is 0 Å². The largest absolute Gasteiger partial charge is 0.391 e. The number of hydrogen-bond acceptors (Lipinski definition) is 2. The Bertz CT molecular complexity index is 513. The summed E-state index contributed by atoms with van der Waals surface area (Å²) >= 11 is 0.